The molecule has 0 unspecified atom stereocenters. The van der Waals surface area contributed by atoms with Crippen LogP contribution in [0.5, 0.6) is 5.75 Å². The molecule has 4 rings (SSSR count). The minimum absolute atomic E-state index is 0.00819. The molecule has 2 fully saturated rings. The molecule has 2 atom stereocenters. The van der Waals surface area contributed by atoms with Gasteiger partial charge in [-0.2, -0.15) is 0 Å². The first-order valence-electron chi connectivity index (χ1n) is 9.49. The van der Waals surface area contributed by atoms with E-state index in [-0.39, 0.29) is 17.9 Å². The van der Waals surface area contributed by atoms with Crippen molar-refractivity contribution in [1.29, 1.82) is 0 Å². The zero-order chi connectivity index (χ0) is 21.5. The van der Waals surface area contributed by atoms with Gasteiger partial charge in [0.25, 0.3) is 0 Å². The first-order chi connectivity index (χ1) is 14.3. The summed E-state index contributed by atoms with van der Waals surface area (Å²) < 4.78 is 48.0. The molecule has 1 aliphatic carbocycles. The van der Waals surface area contributed by atoms with E-state index >= 15 is 0 Å². The van der Waals surface area contributed by atoms with Gasteiger partial charge in [-0.1, -0.05) is 18.2 Å². The van der Waals surface area contributed by atoms with Crippen molar-refractivity contribution < 1.29 is 27.5 Å². The minimum Gasteiger partial charge on any atom is -0.497 e. The normalized spacial score (nSPS) is 21.7. The van der Waals surface area contributed by atoms with Crippen molar-refractivity contribution in [2.75, 3.05) is 13.7 Å². The molecule has 9 heteroatoms. The molecule has 1 aliphatic heterocycles. The van der Waals surface area contributed by atoms with Crippen molar-refractivity contribution in [2.24, 2.45) is 0 Å². The summed E-state index contributed by atoms with van der Waals surface area (Å²) in [5.41, 5.74) is -0.800. The number of hydrogen-bond donors (Lipinski definition) is 3. The molecular formula is C21H20F3N3O3. The van der Waals surface area contributed by atoms with Crippen molar-refractivity contribution in [1.82, 2.24) is 16.0 Å². The van der Waals surface area contributed by atoms with E-state index in [1.807, 2.05) is 0 Å². The summed E-state index contributed by atoms with van der Waals surface area (Å²) in [6.07, 6.45) is 1.09. The monoisotopic (exact) mass is 419 g/mol. The number of ether oxygens (including phenoxy) is 1. The zero-order valence-electron chi connectivity index (χ0n) is 16.1. The first-order valence-corrected chi connectivity index (χ1v) is 9.49. The van der Waals surface area contributed by atoms with E-state index in [0.29, 0.717) is 18.4 Å². The average Bonchev–Trinajstić information content (AvgIpc) is 3.40. The van der Waals surface area contributed by atoms with Gasteiger partial charge in [-0.05, 0) is 18.9 Å². The lowest BCUT2D eigenvalue weighted by Gasteiger charge is -2.23. The highest BCUT2D eigenvalue weighted by Gasteiger charge is 2.48. The molecule has 3 N–H and O–H groups in total. The van der Waals surface area contributed by atoms with Crippen LogP contribution in [0.2, 0.25) is 0 Å². The van der Waals surface area contributed by atoms with Crippen molar-refractivity contribution in [3.63, 3.8) is 0 Å². The summed E-state index contributed by atoms with van der Waals surface area (Å²) in [5.74, 6) is -3.67. The van der Waals surface area contributed by atoms with Gasteiger partial charge in [0.05, 0.1) is 12.6 Å². The van der Waals surface area contributed by atoms with Gasteiger partial charge in [0, 0.05) is 35.7 Å². The van der Waals surface area contributed by atoms with Crippen LogP contribution in [-0.2, 0) is 10.3 Å². The summed E-state index contributed by atoms with van der Waals surface area (Å²) in [5, 5.41) is 7.73. The largest absolute Gasteiger partial charge is 0.497 e. The van der Waals surface area contributed by atoms with Crippen molar-refractivity contribution in [2.45, 2.75) is 30.3 Å². The lowest BCUT2D eigenvalue weighted by Crippen LogP contribution is -2.50. The Hall–Kier alpha value is -3.23. The molecule has 3 amide bonds. The van der Waals surface area contributed by atoms with Gasteiger partial charge in [0.1, 0.15) is 29.2 Å². The van der Waals surface area contributed by atoms with E-state index in [0.717, 1.165) is 12.1 Å². The third-order valence-electron chi connectivity index (χ3n) is 5.62. The van der Waals surface area contributed by atoms with Gasteiger partial charge in [-0.25, -0.2) is 18.0 Å². The van der Waals surface area contributed by atoms with E-state index in [1.165, 1.54) is 13.2 Å². The Labute approximate surface area is 170 Å². The number of benzene rings is 2. The Kier molecular flexibility index (Phi) is 5.05. The van der Waals surface area contributed by atoms with Crippen LogP contribution in [-0.4, -0.2) is 31.6 Å². The minimum atomic E-state index is -1.18. The molecule has 0 aromatic heterocycles. The van der Waals surface area contributed by atoms with Crippen molar-refractivity contribution >= 4 is 11.9 Å². The number of rotatable bonds is 5. The maximum Gasteiger partial charge on any atom is 0.316 e. The van der Waals surface area contributed by atoms with Crippen LogP contribution in [0.4, 0.5) is 18.0 Å². The second-order valence-electron chi connectivity index (χ2n) is 7.49. The van der Waals surface area contributed by atoms with Gasteiger partial charge in [-0.3, -0.25) is 4.79 Å². The fourth-order valence-corrected chi connectivity index (χ4v) is 3.92. The highest BCUT2D eigenvalue weighted by atomic mass is 19.1. The molecule has 0 spiro atoms. The SMILES string of the molecule is COc1cc(F)c([C@@H]2CNC(=O)[C@H]2NC(=O)NC2(c3ccccc3F)CC2)c(F)c1. The first kappa shape index (κ1) is 20.1. The summed E-state index contributed by atoms with van der Waals surface area (Å²) >= 11 is 0. The maximum atomic E-state index is 14.5. The topological polar surface area (TPSA) is 79.5 Å². The van der Waals surface area contributed by atoms with Crippen LogP contribution < -0.4 is 20.7 Å². The van der Waals surface area contributed by atoms with Crippen molar-refractivity contribution in [3.05, 3.63) is 65.0 Å². The summed E-state index contributed by atoms with van der Waals surface area (Å²) in [4.78, 5) is 24.9. The molecule has 158 valence electrons. The number of carbonyl (C=O) groups is 2. The molecule has 0 radical (unpaired) electrons. The van der Waals surface area contributed by atoms with E-state index in [9.17, 15) is 22.8 Å². The Bertz CT molecular complexity index is 987. The lowest BCUT2D eigenvalue weighted by molar-refractivity contribution is -0.120. The molecular weight excluding hydrogens is 399 g/mol. The third-order valence-corrected chi connectivity index (χ3v) is 5.62. The Balaban J connectivity index is 1.53. The van der Waals surface area contributed by atoms with Gasteiger partial charge < -0.3 is 20.7 Å². The molecule has 1 saturated carbocycles. The maximum absolute atomic E-state index is 14.5. The number of hydrogen-bond acceptors (Lipinski definition) is 3. The summed E-state index contributed by atoms with van der Waals surface area (Å²) in [7, 11) is 1.28. The van der Waals surface area contributed by atoms with Crippen LogP contribution in [0, 0.1) is 17.5 Å². The Morgan fingerprint density at radius 2 is 1.80 bits per heavy atom. The zero-order valence-corrected chi connectivity index (χ0v) is 16.1. The number of amides is 3. The lowest BCUT2D eigenvalue weighted by atomic mass is 9.92. The van der Waals surface area contributed by atoms with Crippen LogP contribution in [0.3, 0.4) is 0 Å². The molecule has 2 aromatic carbocycles. The number of nitrogens with one attached hydrogen (secondary N) is 3. The van der Waals surface area contributed by atoms with Gasteiger partial charge in [-0.15, -0.1) is 0 Å². The number of methoxy groups -OCH3 is 1. The number of urea groups is 1. The number of halogens is 3. The molecule has 1 heterocycles. The highest BCUT2D eigenvalue weighted by molar-refractivity contribution is 5.90. The van der Waals surface area contributed by atoms with E-state index in [1.54, 1.807) is 18.2 Å². The van der Waals surface area contributed by atoms with Crippen LogP contribution >= 0.6 is 0 Å². The fourth-order valence-electron chi connectivity index (χ4n) is 3.92. The van der Waals surface area contributed by atoms with Gasteiger partial charge in [0.2, 0.25) is 5.91 Å². The van der Waals surface area contributed by atoms with E-state index in [2.05, 4.69) is 16.0 Å². The molecule has 30 heavy (non-hydrogen) atoms. The highest BCUT2D eigenvalue weighted by Crippen LogP contribution is 2.46. The van der Waals surface area contributed by atoms with Gasteiger partial charge in [0.15, 0.2) is 0 Å². The summed E-state index contributed by atoms with van der Waals surface area (Å²) in [6, 6.07) is 6.29. The molecule has 1 saturated heterocycles. The van der Waals surface area contributed by atoms with Gasteiger partial charge >= 0.3 is 6.03 Å². The second kappa shape index (κ2) is 7.55. The molecule has 0 bridgehead atoms. The van der Waals surface area contributed by atoms with Crippen molar-refractivity contribution in [3.8, 4) is 5.75 Å². The molecule has 6 nitrogen and oxygen atoms in total. The number of carbonyl (C=O) groups excluding carboxylic acids is 2. The predicted molar refractivity (Wildman–Crippen MR) is 101 cm³/mol. The summed E-state index contributed by atoms with van der Waals surface area (Å²) in [6.45, 7) is -0.0393. The molecule has 2 aromatic rings. The standard InChI is InChI=1S/C21H20F3N3O3/c1-30-11-8-15(23)17(16(24)9-11)12-10-25-19(28)18(12)26-20(29)27-21(6-7-21)13-4-2-3-5-14(13)22/h2-5,8-9,12,18H,6-7,10H2,1H3,(H,25,28)(H2,26,27,29)/t12-,18-/m0/s1. The second-order valence-corrected chi connectivity index (χ2v) is 7.49. The van der Waals surface area contributed by atoms with Crippen LogP contribution in [0.15, 0.2) is 36.4 Å². The Morgan fingerprint density at radius 3 is 2.40 bits per heavy atom. The average molecular weight is 419 g/mol. The predicted octanol–water partition coefficient (Wildman–Crippen LogP) is 2.68. The van der Waals surface area contributed by atoms with E-state index < -0.39 is 46.9 Å². The van der Waals surface area contributed by atoms with E-state index in [4.69, 9.17) is 4.74 Å². The Morgan fingerprint density at radius 1 is 1.13 bits per heavy atom. The van der Waals surface area contributed by atoms with Crippen LogP contribution in [0.25, 0.3) is 0 Å². The quantitative estimate of drug-likeness (QED) is 0.697. The molecule has 2 aliphatic rings. The van der Waals surface area contributed by atoms with Crippen LogP contribution in [0.1, 0.15) is 29.9 Å². The third kappa shape index (κ3) is 3.55. The fraction of sp³-hybridized carbons (Fsp3) is 0.333. The smallest absolute Gasteiger partial charge is 0.316 e.